The number of allylic oxidation sites excluding steroid dienone is 2. The van der Waals surface area contributed by atoms with Gasteiger partial charge in [-0.15, -0.1) is 6.42 Å². The molecule has 0 amide bonds. The molecule has 3 aromatic rings. The lowest BCUT2D eigenvalue weighted by Crippen LogP contribution is -2.25. The van der Waals surface area contributed by atoms with Gasteiger partial charge < -0.3 is 4.90 Å². The lowest BCUT2D eigenvalue weighted by molar-refractivity contribution is 1.43. The molecular formula is C28H16BN3. The monoisotopic (exact) mass is 405 g/mol. The summed E-state index contributed by atoms with van der Waals surface area (Å²) < 4.78 is 0. The number of fused-ring (bicyclic) bond motifs is 3. The molecule has 2 aliphatic rings. The summed E-state index contributed by atoms with van der Waals surface area (Å²) in [5.74, 6) is 9.91. The Bertz CT molecular complexity index is 1510. The highest BCUT2D eigenvalue weighted by Gasteiger charge is 2.35. The minimum Gasteiger partial charge on any atom is -0.319 e. The van der Waals surface area contributed by atoms with Crippen molar-refractivity contribution < 1.29 is 0 Å². The number of rotatable bonds is 1. The third-order valence-electron chi connectivity index (χ3n) is 5.62. The van der Waals surface area contributed by atoms with Crippen LogP contribution in [0, 0.1) is 35.5 Å². The van der Waals surface area contributed by atoms with E-state index in [0.29, 0.717) is 11.4 Å². The first-order valence-corrected chi connectivity index (χ1v) is 10.3. The molecular weight excluding hydrogens is 389 g/mol. The van der Waals surface area contributed by atoms with Gasteiger partial charge in [0.25, 0.3) is 0 Å². The van der Waals surface area contributed by atoms with Crippen LogP contribution in [0.25, 0.3) is 5.57 Å². The fourth-order valence-corrected chi connectivity index (χ4v) is 4.11. The Balaban J connectivity index is 1.68. The van der Waals surface area contributed by atoms with Gasteiger partial charge in [-0.25, -0.2) is 4.99 Å². The van der Waals surface area contributed by atoms with Crippen molar-refractivity contribution in [1.29, 1.82) is 5.26 Å². The minimum absolute atomic E-state index is 0.149. The third-order valence-corrected chi connectivity index (χ3v) is 5.62. The second-order valence-corrected chi connectivity index (χ2v) is 7.52. The molecule has 0 saturated heterocycles. The van der Waals surface area contributed by atoms with E-state index in [4.69, 9.17) is 16.3 Å². The molecule has 3 nitrogen and oxygen atoms in total. The maximum atomic E-state index is 9.53. The average Bonchev–Trinajstić information content (AvgIpc) is 3.17. The Labute approximate surface area is 188 Å². The Morgan fingerprint density at radius 2 is 1.41 bits per heavy atom. The molecule has 0 radical (unpaired) electrons. The van der Waals surface area contributed by atoms with Crippen LogP contribution in [0.15, 0.2) is 88.2 Å². The summed E-state index contributed by atoms with van der Waals surface area (Å²) >= 11 is 0. The zero-order valence-corrected chi connectivity index (χ0v) is 17.4. The van der Waals surface area contributed by atoms with Gasteiger partial charge in [-0.05, 0) is 35.3 Å². The van der Waals surface area contributed by atoms with E-state index in [1.165, 1.54) is 0 Å². The fraction of sp³-hybridized carbons (Fsp3) is 0.0357. The number of hydrogen-bond acceptors (Lipinski definition) is 3. The van der Waals surface area contributed by atoms with Crippen LogP contribution >= 0.6 is 0 Å². The number of nitrogens with zero attached hydrogens (tertiary/aromatic N) is 3. The number of benzene rings is 3. The SMILES string of the molecule is C#Cc1ccccc1C#CC1=C2B(C)N=C(c3ccccc3C#N)N=C2c2ccccc21. The Morgan fingerprint density at radius 3 is 2.12 bits per heavy atom. The summed E-state index contributed by atoms with van der Waals surface area (Å²) in [4.78, 5) is 9.76. The quantitative estimate of drug-likeness (QED) is 0.425. The third kappa shape index (κ3) is 3.14. The maximum absolute atomic E-state index is 9.53. The van der Waals surface area contributed by atoms with E-state index in [-0.39, 0.29) is 6.85 Å². The van der Waals surface area contributed by atoms with E-state index in [1.54, 1.807) is 6.07 Å². The van der Waals surface area contributed by atoms with Crippen molar-refractivity contribution in [1.82, 2.24) is 0 Å². The normalized spacial score (nSPS) is 13.7. The lowest BCUT2D eigenvalue weighted by atomic mass is 9.55. The van der Waals surface area contributed by atoms with Crippen LogP contribution < -0.4 is 0 Å². The molecule has 0 atom stereocenters. The van der Waals surface area contributed by atoms with Gasteiger partial charge >= 0.3 is 6.85 Å². The Morgan fingerprint density at radius 1 is 0.781 bits per heavy atom. The van der Waals surface area contributed by atoms with Crippen LogP contribution in [0.5, 0.6) is 0 Å². The van der Waals surface area contributed by atoms with Crippen molar-refractivity contribution in [2.45, 2.75) is 6.82 Å². The fourth-order valence-electron chi connectivity index (χ4n) is 4.11. The van der Waals surface area contributed by atoms with E-state index in [2.05, 4.69) is 36.0 Å². The first-order chi connectivity index (χ1) is 15.7. The molecule has 1 aliphatic carbocycles. The zero-order valence-electron chi connectivity index (χ0n) is 17.4. The van der Waals surface area contributed by atoms with Crippen LogP contribution in [0.4, 0.5) is 0 Å². The van der Waals surface area contributed by atoms with E-state index >= 15 is 0 Å². The first kappa shape index (κ1) is 19.4. The van der Waals surface area contributed by atoms with Gasteiger partial charge in [0.2, 0.25) is 0 Å². The number of terminal acetylenes is 1. The highest BCUT2D eigenvalue weighted by Crippen LogP contribution is 2.37. The first-order valence-electron chi connectivity index (χ1n) is 10.3. The average molecular weight is 405 g/mol. The molecule has 0 aromatic heterocycles. The van der Waals surface area contributed by atoms with Gasteiger partial charge in [-0.2, -0.15) is 5.26 Å². The summed E-state index contributed by atoms with van der Waals surface area (Å²) in [6.45, 7) is 1.89. The molecule has 0 bridgehead atoms. The molecule has 3 aromatic carbocycles. The Kier molecular flexibility index (Phi) is 4.80. The maximum Gasteiger partial charge on any atom is 0.314 e. The highest BCUT2D eigenvalue weighted by molar-refractivity contribution is 6.76. The van der Waals surface area contributed by atoms with E-state index in [0.717, 1.165) is 44.6 Å². The standard InChI is InChI=1S/C28H16BN3/c1-3-19-10-4-5-11-20(19)16-17-24-23-14-8-9-15-25(23)27-26(24)29(2)32-28(31-27)22-13-7-6-12-21(22)18-30/h1,4-15H,2H3. The summed E-state index contributed by atoms with van der Waals surface area (Å²) in [5.41, 5.74) is 7.79. The molecule has 1 heterocycles. The van der Waals surface area contributed by atoms with Gasteiger partial charge in [0.1, 0.15) is 5.84 Å². The van der Waals surface area contributed by atoms with Gasteiger partial charge in [0.15, 0.2) is 0 Å². The molecule has 0 spiro atoms. The molecule has 146 valence electrons. The van der Waals surface area contributed by atoms with Crippen molar-refractivity contribution >= 4 is 24.0 Å². The molecule has 0 fully saturated rings. The van der Waals surface area contributed by atoms with Crippen LogP contribution in [0.3, 0.4) is 0 Å². The predicted molar refractivity (Wildman–Crippen MR) is 130 cm³/mol. The summed E-state index contributed by atoms with van der Waals surface area (Å²) in [6, 6.07) is 25.5. The van der Waals surface area contributed by atoms with E-state index in [9.17, 15) is 5.26 Å². The molecule has 32 heavy (non-hydrogen) atoms. The van der Waals surface area contributed by atoms with Gasteiger partial charge in [0, 0.05) is 27.8 Å². The summed E-state index contributed by atoms with van der Waals surface area (Å²) in [7, 11) is 0. The van der Waals surface area contributed by atoms with Crippen molar-refractivity contribution in [3.63, 3.8) is 0 Å². The second kappa shape index (κ2) is 7.92. The van der Waals surface area contributed by atoms with Crippen molar-refractivity contribution in [2.24, 2.45) is 9.90 Å². The number of amidine groups is 1. The molecule has 0 unspecified atom stereocenters. The minimum atomic E-state index is -0.149. The molecule has 1 aliphatic heterocycles. The van der Waals surface area contributed by atoms with Crippen molar-refractivity contribution in [2.75, 3.05) is 0 Å². The van der Waals surface area contributed by atoms with E-state index in [1.807, 2.05) is 61.4 Å². The van der Waals surface area contributed by atoms with Gasteiger partial charge in [-0.3, -0.25) is 0 Å². The van der Waals surface area contributed by atoms with E-state index < -0.39 is 0 Å². The molecule has 0 saturated carbocycles. The zero-order chi connectivity index (χ0) is 22.1. The van der Waals surface area contributed by atoms with Crippen LogP contribution in [0.2, 0.25) is 6.82 Å². The number of hydrogen-bond donors (Lipinski definition) is 0. The van der Waals surface area contributed by atoms with Crippen molar-refractivity contribution in [3.8, 4) is 30.3 Å². The molecule has 5 rings (SSSR count). The summed E-state index contributed by atoms with van der Waals surface area (Å²) in [5, 5.41) is 9.53. The highest BCUT2D eigenvalue weighted by atomic mass is 14.9. The topological polar surface area (TPSA) is 48.5 Å². The lowest BCUT2D eigenvalue weighted by Gasteiger charge is -2.17. The Hall–Kier alpha value is -4.59. The molecule has 4 heteroatoms. The van der Waals surface area contributed by atoms with Crippen LogP contribution in [-0.2, 0) is 0 Å². The molecule has 0 N–H and O–H groups in total. The predicted octanol–water partition coefficient (Wildman–Crippen LogP) is 4.77. The number of nitriles is 1. The largest absolute Gasteiger partial charge is 0.319 e. The van der Waals surface area contributed by atoms with Crippen molar-refractivity contribution in [3.05, 3.63) is 112 Å². The smallest absolute Gasteiger partial charge is 0.314 e. The van der Waals surface area contributed by atoms with Crippen LogP contribution in [0.1, 0.15) is 33.4 Å². The van der Waals surface area contributed by atoms with Crippen LogP contribution in [-0.4, -0.2) is 18.4 Å². The second-order valence-electron chi connectivity index (χ2n) is 7.52. The number of aliphatic imine (C=N–C) groups is 1. The summed E-state index contributed by atoms with van der Waals surface area (Å²) in [6.07, 6.45) is 5.64. The van der Waals surface area contributed by atoms with Gasteiger partial charge in [-0.1, -0.05) is 73.1 Å². The van der Waals surface area contributed by atoms with Gasteiger partial charge in [0.05, 0.1) is 17.3 Å².